The molecule has 1 aromatic heterocycles. The smallest absolute Gasteiger partial charge is 0.411 e. The molecule has 0 aliphatic rings. The SMILES string of the molecule is CN(C)CCCN(C(=O)O)c1cccc(Cn2nc(-c3ccc(C#N)cc3)ccc2=O)c1. The number of hydrogen-bond acceptors (Lipinski definition) is 5. The van der Waals surface area contributed by atoms with Crippen LogP contribution in [0.5, 0.6) is 0 Å². The van der Waals surface area contributed by atoms with Crippen LogP contribution in [0, 0.1) is 11.3 Å². The van der Waals surface area contributed by atoms with Gasteiger partial charge in [0.2, 0.25) is 0 Å². The summed E-state index contributed by atoms with van der Waals surface area (Å²) < 4.78 is 1.35. The third-order valence-corrected chi connectivity index (χ3v) is 4.95. The van der Waals surface area contributed by atoms with Crippen molar-refractivity contribution in [3.63, 3.8) is 0 Å². The average Bonchev–Trinajstić information content (AvgIpc) is 2.78. The summed E-state index contributed by atoms with van der Waals surface area (Å²) in [5, 5.41) is 23.1. The maximum Gasteiger partial charge on any atom is 0.411 e. The van der Waals surface area contributed by atoms with E-state index in [0.29, 0.717) is 29.9 Å². The van der Waals surface area contributed by atoms with Crippen LogP contribution in [0.3, 0.4) is 0 Å². The molecule has 8 heteroatoms. The molecule has 0 spiro atoms. The van der Waals surface area contributed by atoms with Crippen LogP contribution in [0.2, 0.25) is 0 Å². The lowest BCUT2D eigenvalue weighted by atomic mass is 10.1. The standard InChI is InChI=1S/C24H25N5O3/c1-27(2)13-4-14-28(24(31)32)21-6-3-5-19(15-21)17-29-23(30)12-11-22(26-29)20-9-7-18(16-25)8-10-20/h3,5-12,15H,4,13-14,17H2,1-2H3,(H,31,32). The Morgan fingerprint density at radius 1 is 1.09 bits per heavy atom. The highest BCUT2D eigenvalue weighted by atomic mass is 16.4. The largest absolute Gasteiger partial charge is 0.465 e. The van der Waals surface area contributed by atoms with Crippen LogP contribution in [0.1, 0.15) is 17.5 Å². The van der Waals surface area contributed by atoms with Gasteiger partial charge >= 0.3 is 6.09 Å². The van der Waals surface area contributed by atoms with Gasteiger partial charge in [-0.15, -0.1) is 0 Å². The van der Waals surface area contributed by atoms with Crippen molar-refractivity contribution in [3.05, 3.63) is 82.1 Å². The molecule has 0 unspecified atom stereocenters. The molecule has 2 aromatic carbocycles. The molecule has 3 aromatic rings. The molecule has 32 heavy (non-hydrogen) atoms. The summed E-state index contributed by atoms with van der Waals surface area (Å²) in [5.41, 5.74) is 3.03. The van der Waals surface area contributed by atoms with E-state index < -0.39 is 6.09 Å². The second-order valence-corrected chi connectivity index (χ2v) is 7.66. The van der Waals surface area contributed by atoms with Crippen LogP contribution >= 0.6 is 0 Å². The molecule has 0 radical (unpaired) electrons. The molecule has 164 valence electrons. The topological polar surface area (TPSA) is 102 Å². The first-order valence-electron chi connectivity index (χ1n) is 10.2. The molecule has 0 atom stereocenters. The second-order valence-electron chi connectivity index (χ2n) is 7.66. The zero-order valence-electron chi connectivity index (χ0n) is 18.1. The molecule has 1 N–H and O–H groups in total. The van der Waals surface area contributed by atoms with Crippen LogP contribution in [0.25, 0.3) is 11.3 Å². The first-order valence-corrected chi connectivity index (χ1v) is 10.2. The summed E-state index contributed by atoms with van der Waals surface area (Å²) >= 11 is 0. The Kier molecular flexibility index (Phi) is 7.37. The van der Waals surface area contributed by atoms with E-state index >= 15 is 0 Å². The van der Waals surface area contributed by atoms with Crippen LogP contribution in [0.15, 0.2) is 65.5 Å². The Morgan fingerprint density at radius 2 is 1.84 bits per heavy atom. The van der Waals surface area contributed by atoms with Crippen LogP contribution < -0.4 is 10.5 Å². The maximum absolute atomic E-state index is 12.4. The highest BCUT2D eigenvalue weighted by molar-refractivity contribution is 5.86. The highest BCUT2D eigenvalue weighted by Crippen LogP contribution is 2.19. The van der Waals surface area contributed by atoms with Gasteiger partial charge in [-0.2, -0.15) is 10.4 Å². The molecule has 1 heterocycles. The Morgan fingerprint density at radius 3 is 2.50 bits per heavy atom. The minimum absolute atomic E-state index is 0.210. The first-order chi connectivity index (χ1) is 15.4. The van der Waals surface area contributed by atoms with Crippen molar-refractivity contribution in [2.45, 2.75) is 13.0 Å². The Hall–Kier alpha value is -3.96. The van der Waals surface area contributed by atoms with Crippen LogP contribution in [-0.2, 0) is 6.54 Å². The summed E-state index contributed by atoms with van der Waals surface area (Å²) in [7, 11) is 3.89. The Balaban J connectivity index is 1.83. The lowest BCUT2D eigenvalue weighted by Gasteiger charge is -2.21. The molecule has 1 amide bonds. The van der Waals surface area contributed by atoms with Crippen molar-refractivity contribution in [1.29, 1.82) is 5.26 Å². The minimum Gasteiger partial charge on any atom is -0.465 e. The molecular formula is C24H25N5O3. The summed E-state index contributed by atoms with van der Waals surface area (Å²) in [5.74, 6) is 0. The lowest BCUT2D eigenvalue weighted by Crippen LogP contribution is -2.32. The molecule has 0 saturated carbocycles. The summed E-state index contributed by atoms with van der Waals surface area (Å²) in [6.07, 6.45) is -0.309. The molecule has 0 aliphatic heterocycles. The van der Waals surface area contributed by atoms with Gasteiger partial charge in [-0.3, -0.25) is 9.69 Å². The van der Waals surface area contributed by atoms with Gasteiger partial charge in [-0.05, 0) is 63.0 Å². The molecule has 8 nitrogen and oxygen atoms in total. The van der Waals surface area contributed by atoms with Gasteiger partial charge in [-0.1, -0.05) is 24.3 Å². The van der Waals surface area contributed by atoms with Crippen molar-refractivity contribution in [3.8, 4) is 17.3 Å². The predicted octanol–water partition coefficient (Wildman–Crippen LogP) is 3.27. The van der Waals surface area contributed by atoms with Gasteiger partial charge in [-0.25, -0.2) is 9.48 Å². The number of anilines is 1. The molecule has 3 rings (SSSR count). The number of nitrogens with zero attached hydrogens (tertiary/aromatic N) is 5. The van der Waals surface area contributed by atoms with E-state index in [0.717, 1.165) is 17.7 Å². The maximum atomic E-state index is 12.4. The fraction of sp³-hybridized carbons (Fsp3) is 0.250. The fourth-order valence-electron chi connectivity index (χ4n) is 3.31. The van der Waals surface area contributed by atoms with Crippen molar-refractivity contribution in [1.82, 2.24) is 14.7 Å². The van der Waals surface area contributed by atoms with Gasteiger partial charge in [0.05, 0.1) is 23.9 Å². The summed E-state index contributed by atoms with van der Waals surface area (Å²) in [6, 6.07) is 19.3. The van der Waals surface area contributed by atoms with E-state index in [1.807, 2.05) is 25.1 Å². The second kappa shape index (κ2) is 10.4. The summed E-state index contributed by atoms with van der Waals surface area (Å²) in [4.78, 5) is 27.5. The van der Waals surface area contributed by atoms with E-state index in [1.54, 1.807) is 48.5 Å². The fourth-order valence-corrected chi connectivity index (χ4v) is 3.31. The monoisotopic (exact) mass is 431 g/mol. The van der Waals surface area contributed by atoms with Crippen molar-refractivity contribution in [2.24, 2.45) is 0 Å². The van der Waals surface area contributed by atoms with Crippen LogP contribution in [-0.4, -0.2) is 53.1 Å². The number of hydrogen-bond donors (Lipinski definition) is 1. The van der Waals surface area contributed by atoms with Crippen molar-refractivity contribution < 1.29 is 9.90 Å². The first kappa shape index (κ1) is 22.7. The zero-order chi connectivity index (χ0) is 23.1. The van der Waals surface area contributed by atoms with Gasteiger partial charge in [0.25, 0.3) is 5.56 Å². The number of rotatable bonds is 8. The number of nitriles is 1. The minimum atomic E-state index is -1.01. The van der Waals surface area contributed by atoms with Gasteiger partial charge < -0.3 is 10.0 Å². The predicted molar refractivity (Wildman–Crippen MR) is 123 cm³/mol. The molecule has 0 aliphatic carbocycles. The molecule has 0 saturated heterocycles. The lowest BCUT2D eigenvalue weighted by molar-refractivity contribution is 0.201. The van der Waals surface area contributed by atoms with E-state index in [2.05, 4.69) is 11.2 Å². The van der Waals surface area contributed by atoms with Crippen molar-refractivity contribution >= 4 is 11.8 Å². The Labute approximate surface area is 186 Å². The van der Waals surface area contributed by atoms with Crippen LogP contribution in [0.4, 0.5) is 10.5 Å². The number of benzene rings is 2. The van der Waals surface area contributed by atoms with E-state index in [-0.39, 0.29) is 12.1 Å². The van der Waals surface area contributed by atoms with Gasteiger partial charge in [0.1, 0.15) is 0 Å². The molecular weight excluding hydrogens is 406 g/mol. The third-order valence-electron chi connectivity index (χ3n) is 4.95. The number of carbonyl (C=O) groups is 1. The quantitative estimate of drug-likeness (QED) is 0.587. The molecule has 0 fully saturated rings. The normalized spacial score (nSPS) is 10.7. The molecule has 0 bridgehead atoms. The Bertz CT molecular complexity index is 1180. The highest BCUT2D eigenvalue weighted by Gasteiger charge is 2.15. The summed E-state index contributed by atoms with van der Waals surface area (Å²) in [6.45, 7) is 1.37. The van der Waals surface area contributed by atoms with Gasteiger partial charge in [0.15, 0.2) is 0 Å². The van der Waals surface area contributed by atoms with Gasteiger partial charge in [0, 0.05) is 23.9 Å². The third kappa shape index (κ3) is 5.80. The zero-order valence-corrected chi connectivity index (χ0v) is 18.1. The van der Waals surface area contributed by atoms with E-state index in [1.165, 1.54) is 15.6 Å². The van der Waals surface area contributed by atoms with Crippen molar-refractivity contribution in [2.75, 3.05) is 32.1 Å². The van der Waals surface area contributed by atoms with E-state index in [4.69, 9.17) is 5.26 Å². The number of aromatic nitrogens is 2. The average molecular weight is 431 g/mol. The number of carboxylic acid groups (broad SMARTS) is 1. The number of amides is 1. The van der Waals surface area contributed by atoms with E-state index in [9.17, 15) is 14.7 Å².